The van der Waals surface area contributed by atoms with E-state index in [0.29, 0.717) is 12.4 Å². The first-order chi connectivity index (χ1) is 12.0. The van der Waals surface area contributed by atoms with Gasteiger partial charge in [-0.3, -0.25) is 10.2 Å². The van der Waals surface area contributed by atoms with Crippen LogP contribution in [0.4, 0.5) is 0 Å². The lowest BCUT2D eigenvalue weighted by molar-refractivity contribution is -0.123. The molecule has 3 rings (SSSR count). The number of carbonyl (C=O) groups excluding carboxylic acids is 1. The Morgan fingerprint density at radius 3 is 2.68 bits per heavy atom. The summed E-state index contributed by atoms with van der Waals surface area (Å²) in [5.41, 5.74) is 9.01. The van der Waals surface area contributed by atoms with Gasteiger partial charge in [-0.25, -0.2) is 10.4 Å². The number of carbonyl (C=O) groups is 1. The van der Waals surface area contributed by atoms with Crippen molar-refractivity contribution in [3.63, 3.8) is 0 Å². The van der Waals surface area contributed by atoms with Crippen molar-refractivity contribution < 1.29 is 9.53 Å². The summed E-state index contributed by atoms with van der Waals surface area (Å²) in [4.78, 5) is 16.6. The van der Waals surface area contributed by atoms with Crippen LogP contribution in [0.2, 0.25) is 0 Å². The van der Waals surface area contributed by atoms with E-state index in [1.165, 1.54) is 0 Å². The molecule has 6 nitrogen and oxygen atoms in total. The molecule has 1 fully saturated rings. The number of pyridine rings is 1. The molecule has 25 heavy (non-hydrogen) atoms. The van der Waals surface area contributed by atoms with Gasteiger partial charge in [0.25, 0.3) is 0 Å². The summed E-state index contributed by atoms with van der Waals surface area (Å²) in [6.07, 6.45) is 2.46. The van der Waals surface area contributed by atoms with Gasteiger partial charge in [0.05, 0.1) is 0 Å². The second-order valence-corrected chi connectivity index (χ2v) is 6.49. The minimum absolute atomic E-state index is 0.0290. The fraction of sp³-hybridized carbons (Fsp3) is 0.368. The van der Waals surface area contributed by atoms with Crippen LogP contribution in [0.25, 0.3) is 0 Å². The lowest BCUT2D eigenvalue weighted by atomic mass is 10.1. The summed E-state index contributed by atoms with van der Waals surface area (Å²) in [6, 6.07) is 9.85. The standard InChI is InChI=1S/C19H24N4O2/c1-12-6-4-7-13(2)17(12)25-19-15(8-5-9-20-19)11-21-18(24)16-10-14(3)22-23-16/h4-9,14,16,22-23H,10-11H2,1-3H3,(H,21,24). The zero-order valence-electron chi connectivity index (χ0n) is 14.8. The summed E-state index contributed by atoms with van der Waals surface area (Å²) in [7, 11) is 0. The van der Waals surface area contributed by atoms with E-state index in [1.54, 1.807) is 6.20 Å². The van der Waals surface area contributed by atoms with Crippen molar-refractivity contribution in [1.82, 2.24) is 21.2 Å². The van der Waals surface area contributed by atoms with Gasteiger partial charge in [-0.05, 0) is 44.4 Å². The number of hydrogen-bond acceptors (Lipinski definition) is 5. The molecule has 2 unspecified atom stereocenters. The van der Waals surface area contributed by atoms with Gasteiger partial charge >= 0.3 is 0 Å². The third-order valence-corrected chi connectivity index (χ3v) is 4.32. The molecule has 1 aliphatic rings. The van der Waals surface area contributed by atoms with E-state index in [9.17, 15) is 4.79 Å². The van der Waals surface area contributed by atoms with Crippen molar-refractivity contribution >= 4 is 5.91 Å². The van der Waals surface area contributed by atoms with Crippen LogP contribution >= 0.6 is 0 Å². The third-order valence-electron chi connectivity index (χ3n) is 4.32. The molecule has 1 aliphatic heterocycles. The fourth-order valence-electron chi connectivity index (χ4n) is 2.90. The van der Waals surface area contributed by atoms with Gasteiger partial charge in [-0.1, -0.05) is 24.3 Å². The molecule has 2 heterocycles. The van der Waals surface area contributed by atoms with Gasteiger partial charge in [0.15, 0.2) is 0 Å². The molecule has 0 spiro atoms. The number of para-hydroxylation sites is 1. The molecule has 1 amide bonds. The molecule has 0 bridgehead atoms. The molecule has 1 saturated heterocycles. The predicted molar refractivity (Wildman–Crippen MR) is 96.2 cm³/mol. The Morgan fingerprint density at radius 2 is 2.00 bits per heavy atom. The number of amides is 1. The topological polar surface area (TPSA) is 75.3 Å². The summed E-state index contributed by atoms with van der Waals surface area (Å²) in [6.45, 7) is 6.43. The van der Waals surface area contributed by atoms with E-state index in [4.69, 9.17) is 4.74 Å². The summed E-state index contributed by atoms with van der Waals surface area (Å²) in [5.74, 6) is 1.30. The smallest absolute Gasteiger partial charge is 0.238 e. The Bertz CT molecular complexity index is 743. The first-order valence-corrected chi connectivity index (χ1v) is 8.51. The second kappa shape index (κ2) is 7.63. The molecule has 132 valence electrons. The van der Waals surface area contributed by atoms with Crippen LogP contribution in [-0.4, -0.2) is 23.0 Å². The molecule has 0 saturated carbocycles. The highest BCUT2D eigenvalue weighted by Crippen LogP contribution is 2.29. The number of hydrazine groups is 1. The number of aromatic nitrogens is 1. The molecule has 1 aromatic carbocycles. The van der Waals surface area contributed by atoms with E-state index in [1.807, 2.05) is 51.1 Å². The minimum Gasteiger partial charge on any atom is -0.438 e. The number of rotatable bonds is 5. The summed E-state index contributed by atoms with van der Waals surface area (Å²) in [5, 5.41) is 2.96. The first-order valence-electron chi connectivity index (χ1n) is 8.51. The van der Waals surface area contributed by atoms with Crippen molar-refractivity contribution in [2.24, 2.45) is 0 Å². The maximum absolute atomic E-state index is 12.3. The molecule has 2 atom stereocenters. The zero-order valence-corrected chi connectivity index (χ0v) is 14.8. The van der Waals surface area contributed by atoms with Crippen molar-refractivity contribution in [3.8, 4) is 11.6 Å². The van der Waals surface area contributed by atoms with E-state index in [0.717, 1.165) is 28.9 Å². The highest BCUT2D eigenvalue weighted by atomic mass is 16.5. The van der Waals surface area contributed by atoms with Crippen LogP contribution in [0.1, 0.15) is 30.0 Å². The lowest BCUT2D eigenvalue weighted by Gasteiger charge is -2.15. The van der Waals surface area contributed by atoms with E-state index < -0.39 is 0 Å². The van der Waals surface area contributed by atoms with Crippen molar-refractivity contribution in [1.29, 1.82) is 0 Å². The van der Waals surface area contributed by atoms with Crippen LogP contribution in [0, 0.1) is 13.8 Å². The number of nitrogens with one attached hydrogen (secondary N) is 3. The van der Waals surface area contributed by atoms with Crippen LogP contribution < -0.4 is 20.9 Å². The Balaban J connectivity index is 1.70. The quantitative estimate of drug-likeness (QED) is 0.779. The lowest BCUT2D eigenvalue weighted by Crippen LogP contribution is -2.43. The van der Waals surface area contributed by atoms with Crippen LogP contribution in [0.15, 0.2) is 36.5 Å². The molecule has 6 heteroatoms. The molecule has 0 radical (unpaired) electrons. The molecular formula is C19H24N4O2. The number of ether oxygens (including phenoxy) is 1. The van der Waals surface area contributed by atoms with E-state index in [-0.39, 0.29) is 18.0 Å². The SMILES string of the molecule is Cc1cccc(C)c1Oc1ncccc1CNC(=O)C1CC(C)NN1. The van der Waals surface area contributed by atoms with E-state index >= 15 is 0 Å². The predicted octanol–water partition coefficient (Wildman–Crippen LogP) is 2.36. The van der Waals surface area contributed by atoms with Crippen molar-refractivity contribution in [2.75, 3.05) is 0 Å². The molecular weight excluding hydrogens is 316 g/mol. The van der Waals surface area contributed by atoms with Crippen molar-refractivity contribution in [3.05, 3.63) is 53.2 Å². The monoisotopic (exact) mass is 340 g/mol. The van der Waals surface area contributed by atoms with Crippen LogP contribution in [0.3, 0.4) is 0 Å². The maximum Gasteiger partial charge on any atom is 0.238 e. The Morgan fingerprint density at radius 1 is 1.24 bits per heavy atom. The molecule has 2 aromatic rings. The number of aryl methyl sites for hydroxylation is 2. The number of hydrogen-bond donors (Lipinski definition) is 3. The van der Waals surface area contributed by atoms with Gasteiger partial charge in [0.1, 0.15) is 11.8 Å². The number of nitrogens with zero attached hydrogens (tertiary/aromatic N) is 1. The molecule has 1 aromatic heterocycles. The average Bonchev–Trinajstić information content (AvgIpc) is 3.03. The highest BCUT2D eigenvalue weighted by molar-refractivity contribution is 5.82. The Kier molecular flexibility index (Phi) is 5.31. The highest BCUT2D eigenvalue weighted by Gasteiger charge is 2.26. The molecule has 0 aliphatic carbocycles. The Hall–Kier alpha value is -2.44. The second-order valence-electron chi connectivity index (χ2n) is 6.49. The average molecular weight is 340 g/mol. The summed E-state index contributed by atoms with van der Waals surface area (Å²) < 4.78 is 6.06. The van der Waals surface area contributed by atoms with Gasteiger partial charge in [-0.15, -0.1) is 0 Å². The van der Waals surface area contributed by atoms with Crippen LogP contribution in [-0.2, 0) is 11.3 Å². The third kappa shape index (κ3) is 4.15. The van der Waals surface area contributed by atoms with Crippen LogP contribution in [0.5, 0.6) is 11.6 Å². The fourth-order valence-corrected chi connectivity index (χ4v) is 2.90. The molecule has 3 N–H and O–H groups in total. The van der Waals surface area contributed by atoms with Gasteiger partial charge in [0.2, 0.25) is 11.8 Å². The van der Waals surface area contributed by atoms with Gasteiger partial charge in [0, 0.05) is 24.3 Å². The maximum atomic E-state index is 12.3. The normalized spacial score (nSPS) is 19.6. The Labute approximate surface area is 148 Å². The summed E-state index contributed by atoms with van der Waals surface area (Å²) >= 11 is 0. The largest absolute Gasteiger partial charge is 0.438 e. The zero-order chi connectivity index (χ0) is 17.8. The number of benzene rings is 1. The van der Waals surface area contributed by atoms with Gasteiger partial charge in [-0.2, -0.15) is 0 Å². The van der Waals surface area contributed by atoms with Gasteiger partial charge < -0.3 is 10.1 Å². The van der Waals surface area contributed by atoms with Crippen molar-refractivity contribution in [2.45, 2.75) is 45.8 Å². The van der Waals surface area contributed by atoms with E-state index in [2.05, 4.69) is 21.2 Å². The minimum atomic E-state index is -0.213. The first kappa shape index (κ1) is 17.4.